The molecule has 1 saturated heterocycles. The Morgan fingerprint density at radius 2 is 2.13 bits per heavy atom. The molecule has 1 N–H and O–H groups in total. The summed E-state index contributed by atoms with van der Waals surface area (Å²) in [5.74, 6) is 0.261. The molecule has 1 amide bonds. The van der Waals surface area contributed by atoms with E-state index in [0.717, 1.165) is 6.42 Å². The van der Waals surface area contributed by atoms with Crippen LogP contribution in [-0.4, -0.2) is 36.5 Å². The van der Waals surface area contributed by atoms with Crippen LogP contribution in [0.5, 0.6) is 0 Å². The van der Waals surface area contributed by atoms with Crippen molar-refractivity contribution in [3.05, 3.63) is 0 Å². The fourth-order valence-corrected chi connectivity index (χ4v) is 2.33. The predicted octanol–water partition coefficient (Wildman–Crippen LogP) is 1.53. The molecule has 0 aromatic carbocycles. The molecule has 3 heteroatoms. The average molecular weight is 210 g/mol. The Morgan fingerprint density at radius 3 is 2.80 bits per heavy atom. The van der Waals surface area contributed by atoms with Gasteiger partial charge in [0.1, 0.15) is 0 Å². The van der Waals surface area contributed by atoms with E-state index in [1.54, 1.807) is 0 Å². The van der Waals surface area contributed by atoms with Crippen LogP contribution in [-0.2, 0) is 4.79 Å². The number of amides is 1. The fourth-order valence-electron chi connectivity index (χ4n) is 2.33. The first-order chi connectivity index (χ1) is 7.25. The number of carbonyl (C=O) groups excluding carboxylic acids is 1. The third-order valence-electron chi connectivity index (χ3n) is 3.57. The van der Waals surface area contributed by atoms with Gasteiger partial charge >= 0.3 is 0 Å². The second kappa shape index (κ2) is 4.97. The fraction of sp³-hybridized carbons (Fsp3) is 0.917. The summed E-state index contributed by atoms with van der Waals surface area (Å²) in [7, 11) is 2.18. The lowest BCUT2D eigenvalue weighted by molar-refractivity contribution is -0.121. The highest BCUT2D eigenvalue weighted by molar-refractivity contribution is 5.76. The smallest absolute Gasteiger partial charge is 0.220 e. The number of nitrogens with zero attached hydrogens (tertiary/aromatic N) is 1. The zero-order chi connectivity index (χ0) is 10.7. The van der Waals surface area contributed by atoms with Gasteiger partial charge in [-0.05, 0) is 45.7 Å². The molecule has 1 unspecified atom stereocenters. The summed E-state index contributed by atoms with van der Waals surface area (Å²) in [5, 5.41) is 3.05. The van der Waals surface area contributed by atoms with Gasteiger partial charge in [0, 0.05) is 18.5 Å². The summed E-state index contributed by atoms with van der Waals surface area (Å²) in [6.45, 7) is 1.20. The molecule has 1 heterocycles. The van der Waals surface area contributed by atoms with Crippen molar-refractivity contribution in [2.45, 2.75) is 57.0 Å². The van der Waals surface area contributed by atoms with Crippen LogP contribution in [0.1, 0.15) is 44.9 Å². The molecule has 1 aliphatic carbocycles. The van der Waals surface area contributed by atoms with Gasteiger partial charge in [0.15, 0.2) is 0 Å². The van der Waals surface area contributed by atoms with Gasteiger partial charge in [0.25, 0.3) is 0 Å². The maximum absolute atomic E-state index is 11.5. The Morgan fingerprint density at radius 1 is 1.33 bits per heavy atom. The van der Waals surface area contributed by atoms with Gasteiger partial charge in [0.2, 0.25) is 5.91 Å². The van der Waals surface area contributed by atoms with Crippen molar-refractivity contribution in [2.75, 3.05) is 13.6 Å². The number of carbonyl (C=O) groups is 1. The lowest BCUT2D eigenvalue weighted by Crippen LogP contribution is -2.37. The topological polar surface area (TPSA) is 32.3 Å². The van der Waals surface area contributed by atoms with Crippen LogP contribution < -0.4 is 5.32 Å². The second-order valence-electron chi connectivity index (χ2n) is 5.01. The van der Waals surface area contributed by atoms with Gasteiger partial charge in [0.05, 0.1) is 0 Å². The monoisotopic (exact) mass is 210 g/mol. The highest BCUT2D eigenvalue weighted by Crippen LogP contribution is 2.21. The van der Waals surface area contributed by atoms with E-state index < -0.39 is 0 Å². The van der Waals surface area contributed by atoms with E-state index >= 15 is 0 Å². The first-order valence-corrected chi connectivity index (χ1v) is 6.25. The number of likely N-dealkylation sites (tertiary alicyclic amines) is 1. The van der Waals surface area contributed by atoms with Crippen molar-refractivity contribution in [2.24, 2.45) is 0 Å². The van der Waals surface area contributed by atoms with Gasteiger partial charge in [-0.3, -0.25) is 4.79 Å². The summed E-state index contributed by atoms with van der Waals surface area (Å²) >= 11 is 0. The van der Waals surface area contributed by atoms with Crippen LogP contribution in [0.15, 0.2) is 0 Å². The van der Waals surface area contributed by atoms with E-state index in [1.807, 2.05) is 0 Å². The predicted molar refractivity (Wildman–Crippen MR) is 60.7 cm³/mol. The Balaban J connectivity index is 1.64. The standard InChI is InChI=1S/C12H22N2O/c1-14-9-3-2-4-11(14)7-8-12(15)13-10-5-6-10/h10-11H,2-9H2,1H3,(H,13,15). The highest BCUT2D eigenvalue weighted by Gasteiger charge is 2.24. The van der Waals surface area contributed by atoms with Gasteiger partial charge in [-0.2, -0.15) is 0 Å². The SMILES string of the molecule is CN1CCCCC1CCC(=O)NC1CC1. The minimum atomic E-state index is 0.261. The zero-order valence-electron chi connectivity index (χ0n) is 9.67. The molecule has 0 aromatic rings. The molecule has 0 aromatic heterocycles. The summed E-state index contributed by atoms with van der Waals surface area (Å²) < 4.78 is 0. The van der Waals surface area contributed by atoms with E-state index in [0.29, 0.717) is 18.5 Å². The van der Waals surface area contributed by atoms with Crippen LogP contribution >= 0.6 is 0 Å². The molecule has 2 fully saturated rings. The first-order valence-electron chi connectivity index (χ1n) is 6.25. The minimum Gasteiger partial charge on any atom is -0.353 e. The quantitative estimate of drug-likeness (QED) is 0.763. The van der Waals surface area contributed by atoms with E-state index in [2.05, 4.69) is 17.3 Å². The Kier molecular flexibility index (Phi) is 3.62. The molecule has 3 nitrogen and oxygen atoms in total. The van der Waals surface area contributed by atoms with E-state index in [9.17, 15) is 4.79 Å². The Labute approximate surface area is 92.2 Å². The van der Waals surface area contributed by atoms with E-state index in [4.69, 9.17) is 0 Å². The summed E-state index contributed by atoms with van der Waals surface area (Å²) in [5.41, 5.74) is 0. The van der Waals surface area contributed by atoms with Crippen molar-refractivity contribution >= 4 is 5.91 Å². The van der Waals surface area contributed by atoms with Gasteiger partial charge in [-0.15, -0.1) is 0 Å². The molecule has 1 aliphatic heterocycles. The lowest BCUT2D eigenvalue weighted by atomic mass is 9.98. The maximum atomic E-state index is 11.5. The molecule has 86 valence electrons. The van der Waals surface area contributed by atoms with Gasteiger partial charge < -0.3 is 10.2 Å². The molecule has 15 heavy (non-hydrogen) atoms. The molecule has 1 saturated carbocycles. The van der Waals surface area contributed by atoms with Crippen LogP contribution in [0.2, 0.25) is 0 Å². The van der Waals surface area contributed by atoms with Gasteiger partial charge in [-0.1, -0.05) is 6.42 Å². The van der Waals surface area contributed by atoms with Crippen molar-refractivity contribution in [3.63, 3.8) is 0 Å². The largest absolute Gasteiger partial charge is 0.353 e. The van der Waals surface area contributed by atoms with E-state index in [-0.39, 0.29) is 5.91 Å². The molecular weight excluding hydrogens is 188 g/mol. The maximum Gasteiger partial charge on any atom is 0.220 e. The summed E-state index contributed by atoms with van der Waals surface area (Å²) in [6, 6.07) is 1.16. The third-order valence-corrected chi connectivity index (χ3v) is 3.57. The van der Waals surface area contributed by atoms with Crippen LogP contribution in [0.3, 0.4) is 0 Å². The van der Waals surface area contributed by atoms with Crippen molar-refractivity contribution in [1.82, 2.24) is 10.2 Å². The molecule has 2 rings (SSSR count). The number of hydrogen-bond donors (Lipinski definition) is 1. The van der Waals surface area contributed by atoms with E-state index in [1.165, 1.54) is 38.6 Å². The van der Waals surface area contributed by atoms with Crippen LogP contribution in [0.4, 0.5) is 0 Å². The average Bonchev–Trinajstić information content (AvgIpc) is 3.00. The Bertz CT molecular complexity index is 226. The number of rotatable bonds is 4. The number of hydrogen-bond acceptors (Lipinski definition) is 2. The van der Waals surface area contributed by atoms with Crippen LogP contribution in [0, 0.1) is 0 Å². The Hall–Kier alpha value is -0.570. The number of piperidine rings is 1. The number of nitrogens with one attached hydrogen (secondary N) is 1. The molecule has 0 radical (unpaired) electrons. The lowest BCUT2D eigenvalue weighted by Gasteiger charge is -2.32. The van der Waals surface area contributed by atoms with Crippen molar-refractivity contribution in [3.8, 4) is 0 Å². The third kappa shape index (κ3) is 3.49. The van der Waals surface area contributed by atoms with Gasteiger partial charge in [-0.25, -0.2) is 0 Å². The summed E-state index contributed by atoms with van der Waals surface area (Å²) in [4.78, 5) is 13.9. The van der Waals surface area contributed by atoms with Crippen molar-refractivity contribution in [1.29, 1.82) is 0 Å². The second-order valence-corrected chi connectivity index (χ2v) is 5.01. The molecule has 0 spiro atoms. The highest BCUT2D eigenvalue weighted by atomic mass is 16.1. The van der Waals surface area contributed by atoms with Crippen LogP contribution in [0.25, 0.3) is 0 Å². The molecule has 1 atom stereocenters. The molecule has 2 aliphatic rings. The summed E-state index contributed by atoms with van der Waals surface area (Å²) in [6.07, 6.45) is 8.05. The minimum absolute atomic E-state index is 0.261. The molecular formula is C12H22N2O. The molecule has 0 bridgehead atoms. The normalized spacial score (nSPS) is 27.7. The first kappa shape index (κ1) is 10.9. The van der Waals surface area contributed by atoms with Crippen molar-refractivity contribution < 1.29 is 4.79 Å². The zero-order valence-corrected chi connectivity index (χ0v) is 9.67.